The van der Waals surface area contributed by atoms with E-state index in [-0.39, 0.29) is 11.6 Å². The Bertz CT molecular complexity index is 775. The molecule has 5 heteroatoms. The number of imidazole rings is 1. The summed E-state index contributed by atoms with van der Waals surface area (Å²) in [6.07, 6.45) is 3.60. The van der Waals surface area contributed by atoms with Gasteiger partial charge in [-0.05, 0) is 37.3 Å². The van der Waals surface area contributed by atoms with Crippen LogP contribution < -0.4 is 5.69 Å². The molecule has 1 fully saturated rings. The van der Waals surface area contributed by atoms with E-state index >= 15 is 0 Å². The van der Waals surface area contributed by atoms with Gasteiger partial charge in [0.05, 0.1) is 11.0 Å². The van der Waals surface area contributed by atoms with Gasteiger partial charge in [-0.15, -0.1) is 0 Å². The highest BCUT2D eigenvalue weighted by atomic mass is 16.2. The first-order valence-electron chi connectivity index (χ1n) is 9.07. The highest BCUT2D eigenvalue weighted by Crippen LogP contribution is 2.17. The number of carbonyl (C=O) groups excluding carboxylic acids is 1. The maximum Gasteiger partial charge on any atom is 0.329 e. The first-order chi connectivity index (χ1) is 11.6. The molecule has 2 heterocycles. The Morgan fingerprint density at radius 2 is 1.83 bits per heavy atom. The minimum atomic E-state index is -0.00198. The quantitative estimate of drug-likeness (QED) is 0.847. The largest absolute Gasteiger partial charge is 0.342 e. The van der Waals surface area contributed by atoms with Crippen molar-refractivity contribution in [2.24, 2.45) is 5.92 Å². The summed E-state index contributed by atoms with van der Waals surface area (Å²) in [6.45, 7) is 7.15. The maximum absolute atomic E-state index is 12.7. The Labute approximate surface area is 142 Å². The van der Waals surface area contributed by atoms with Crippen molar-refractivity contribution in [3.63, 3.8) is 0 Å². The molecule has 1 unspecified atom stereocenters. The van der Waals surface area contributed by atoms with Gasteiger partial charge in [-0.2, -0.15) is 0 Å². The lowest BCUT2D eigenvalue weighted by molar-refractivity contribution is -0.133. The van der Waals surface area contributed by atoms with Crippen molar-refractivity contribution in [3.05, 3.63) is 34.7 Å². The van der Waals surface area contributed by atoms with Crippen LogP contribution in [0.15, 0.2) is 29.1 Å². The fourth-order valence-corrected chi connectivity index (χ4v) is 3.71. The molecule has 1 saturated heterocycles. The zero-order chi connectivity index (χ0) is 17.1. The molecule has 1 aliphatic rings. The van der Waals surface area contributed by atoms with Crippen LogP contribution in [-0.4, -0.2) is 33.0 Å². The van der Waals surface area contributed by atoms with E-state index in [1.165, 1.54) is 6.42 Å². The van der Waals surface area contributed by atoms with E-state index in [9.17, 15) is 9.59 Å². The van der Waals surface area contributed by atoms with Crippen molar-refractivity contribution < 1.29 is 4.79 Å². The fraction of sp³-hybridized carbons (Fsp3) is 0.579. The molecule has 1 amide bonds. The number of para-hydroxylation sites is 2. The molecule has 1 atom stereocenters. The molecule has 0 spiro atoms. The minimum absolute atomic E-state index is 0.00198. The molecule has 0 saturated carbocycles. The molecule has 2 aromatic rings. The molecule has 1 aromatic carbocycles. The van der Waals surface area contributed by atoms with Crippen molar-refractivity contribution >= 4 is 16.9 Å². The van der Waals surface area contributed by atoms with Crippen molar-refractivity contribution in [3.8, 4) is 0 Å². The SMILES string of the molecule is CCCn1c(=O)n(CCC(=O)N2CCCC(C)C2)c2ccccc21. The van der Waals surface area contributed by atoms with Crippen molar-refractivity contribution in [1.82, 2.24) is 14.0 Å². The van der Waals surface area contributed by atoms with Gasteiger partial charge in [-0.1, -0.05) is 26.0 Å². The normalized spacial score (nSPS) is 18.2. The zero-order valence-electron chi connectivity index (χ0n) is 14.7. The van der Waals surface area contributed by atoms with Crippen LogP contribution in [0.4, 0.5) is 0 Å². The predicted molar refractivity (Wildman–Crippen MR) is 96.1 cm³/mol. The molecule has 3 rings (SSSR count). The van der Waals surface area contributed by atoms with E-state index in [4.69, 9.17) is 0 Å². The number of benzene rings is 1. The molecule has 24 heavy (non-hydrogen) atoms. The average molecular weight is 329 g/mol. The number of likely N-dealkylation sites (tertiary alicyclic amines) is 1. The van der Waals surface area contributed by atoms with Gasteiger partial charge < -0.3 is 4.90 Å². The molecular formula is C19H27N3O2. The third-order valence-corrected chi connectivity index (χ3v) is 4.93. The van der Waals surface area contributed by atoms with Crippen LogP contribution in [0.1, 0.15) is 39.5 Å². The van der Waals surface area contributed by atoms with E-state index in [1.807, 2.05) is 33.7 Å². The summed E-state index contributed by atoms with van der Waals surface area (Å²) in [5, 5.41) is 0. The van der Waals surface area contributed by atoms with Crippen LogP contribution in [0.2, 0.25) is 0 Å². The fourth-order valence-electron chi connectivity index (χ4n) is 3.71. The molecule has 0 aliphatic carbocycles. The summed E-state index contributed by atoms with van der Waals surface area (Å²) in [7, 11) is 0. The van der Waals surface area contributed by atoms with Gasteiger partial charge in [-0.3, -0.25) is 13.9 Å². The Kier molecular flexibility index (Phi) is 5.07. The van der Waals surface area contributed by atoms with E-state index in [0.717, 1.165) is 37.0 Å². The number of amides is 1. The van der Waals surface area contributed by atoms with E-state index < -0.39 is 0 Å². The highest BCUT2D eigenvalue weighted by Gasteiger charge is 2.21. The van der Waals surface area contributed by atoms with Crippen LogP contribution in [0.5, 0.6) is 0 Å². The summed E-state index contributed by atoms with van der Waals surface area (Å²) in [5.41, 5.74) is 1.89. The second kappa shape index (κ2) is 7.24. The van der Waals surface area contributed by atoms with Crippen LogP contribution >= 0.6 is 0 Å². The number of carbonyl (C=O) groups is 1. The van der Waals surface area contributed by atoms with E-state index in [1.54, 1.807) is 4.57 Å². The molecular weight excluding hydrogens is 302 g/mol. The highest BCUT2D eigenvalue weighted by molar-refractivity contribution is 5.78. The summed E-state index contributed by atoms with van der Waals surface area (Å²) in [6, 6.07) is 7.86. The number of hydrogen-bond donors (Lipinski definition) is 0. The van der Waals surface area contributed by atoms with Gasteiger partial charge in [0.1, 0.15) is 0 Å². The van der Waals surface area contributed by atoms with Gasteiger partial charge in [0.25, 0.3) is 0 Å². The summed E-state index contributed by atoms with van der Waals surface area (Å²) < 4.78 is 3.58. The van der Waals surface area contributed by atoms with Gasteiger partial charge in [0.2, 0.25) is 5.91 Å². The third kappa shape index (κ3) is 3.25. The monoisotopic (exact) mass is 329 g/mol. The number of aryl methyl sites for hydroxylation is 2. The Balaban J connectivity index is 1.79. The number of nitrogens with zero attached hydrogens (tertiary/aromatic N) is 3. The van der Waals surface area contributed by atoms with Gasteiger partial charge in [0.15, 0.2) is 0 Å². The summed E-state index contributed by atoms with van der Waals surface area (Å²) in [4.78, 5) is 27.2. The van der Waals surface area contributed by atoms with E-state index in [0.29, 0.717) is 25.4 Å². The van der Waals surface area contributed by atoms with Gasteiger partial charge in [-0.25, -0.2) is 4.79 Å². The third-order valence-electron chi connectivity index (χ3n) is 4.93. The number of rotatable bonds is 5. The molecule has 0 radical (unpaired) electrons. The summed E-state index contributed by atoms with van der Waals surface area (Å²) in [5.74, 6) is 0.748. The first kappa shape index (κ1) is 16.8. The van der Waals surface area contributed by atoms with Crippen LogP contribution in [0.25, 0.3) is 11.0 Å². The molecule has 1 aromatic heterocycles. The second-order valence-corrected chi connectivity index (χ2v) is 6.91. The van der Waals surface area contributed by atoms with Crippen molar-refractivity contribution in [1.29, 1.82) is 0 Å². The van der Waals surface area contributed by atoms with Crippen LogP contribution in [-0.2, 0) is 17.9 Å². The average Bonchev–Trinajstić information content (AvgIpc) is 2.85. The zero-order valence-corrected chi connectivity index (χ0v) is 14.7. The smallest absolute Gasteiger partial charge is 0.329 e. The van der Waals surface area contributed by atoms with Gasteiger partial charge in [0, 0.05) is 32.6 Å². The molecule has 0 N–H and O–H groups in total. The first-order valence-corrected chi connectivity index (χ1v) is 9.07. The molecule has 1 aliphatic heterocycles. The lowest BCUT2D eigenvalue weighted by atomic mass is 10.00. The molecule has 0 bridgehead atoms. The predicted octanol–water partition coefficient (Wildman–Crippen LogP) is 2.86. The van der Waals surface area contributed by atoms with Crippen molar-refractivity contribution in [2.75, 3.05) is 13.1 Å². The summed E-state index contributed by atoms with van der Waals surface area (Å²) >= 11 is 0. The number of aromatic nitrogens is 2. The van der Waals surface area contributed by atoms with Crippen LogP contribution in [0, 0.1) is 5.92 Å². The standard InChI is InChI=1S/C19H27N3O2/c1-3-11-21-16-8-4-5-9-17(16)22(19(21)24)13-10-18(23)20-12-6-7-15(2)14-20/h4-5,8-9,15H,3,6-7,10-14H2,1-2H3. The minimum Gasteiger partial charge on any atom is -0.342 e. The molecule has 5 nitrogen and oxygen atoms in total. The Hall–Kier alpha value is -2.04. The Morgan fingerprint density at radius 3 is 2.46 bits per heavy atom. The lowest BCUT2D eigenvalue weighted by Crippen LogP contribution is -2.39. The number of hydrogen-bond acceptors (Lipinski definition) is 2. The van der Waals surface area contributed by atoms with Crippen molar-refractivity contribution in [2.45, 2.75) is 52.6 Å². The van der Waals surface area contributed by atoms with E-state index in [2.05, 4.69) is 13.8 Å². The van der Waals surface area contributed by atoms with Gasteiger partial charge >= 0.3 is 5.69 Å². The number of piperidine rings is 1. The topological polar surface area (TPSA) is 47.2 Å². The Morgan fingerprint density at radius 1 is 1.17 bits per heavy atom. The lowest BCUT2D eigenvalue weighted by Gasteiger charge is -2.31. The number of fused-ring (bicyclic) bond motifs is 1. The van der Waals surface area contributed by atoms with Crippen LogP contribution in [0.3, 0.4) is 0 Å². The second-order valence-electron chi connectivity index (χ2n) is 6.91. The molecule has 130 valence electrons. The maximum atomic E-state index is 12.7.